The minimum atomic E-state index is -4.35. The average Bonchev–Trinajstić information content (AvgIpc) is 3.32. The highest BCUT2D eigenvalue weighted by Crippen LogP contribution is 2.33. The summed E-state index contributed by atoms with van der Waals surface area (Å²) in [5, 5.41) is 19.8. The van der Waals surface area contributed by atoms with Crippen molar-refractivity contribution in [2.24, 2.45) is 0 Å². The van der Waals surface area contributed by atoms with Crippen molar-refractivity contribution in [1.29, 1.82) is 0 Å². The summed E-state index contributed by atoms with van der Waals surface area (Å²) in [6.07, 6.45) is 1.34. The number of morpholine rings is 1. The second-order valence-corrected chi connectivity index (χ2v) is 19.1. The van der Waals surface area contributed by atoms with Crippen molar-refractivity contribution >= 4 is 73.1 Å². The van der Waals surface area contributed by atoms with Crippen molar-refractivity contribution in [3.8, 4) is 11.1 Å². The van der Waals surface area contributed by atoms with Gasteiger partial charge in [0.15, 0.2) is 5.82 Å². The fraction of sp³-hybridized carbons (Fsp3) is 0.298. The van der Waals surface area contributed by atoms with Gasteiger partial charge in [-0.15, -0.1) is 11.8 Å². The molecule has 0 radical (unpaired) electrons. The molecule has 2 aliphatic heterocycles. The van der Waals surface area contributed by atoms with Crippen molar-refractivity contribution < 1.29 is 22.9 Å². The van der Waals surface area contributed by atoms with E-state index in [0.29, 0.717) is 48.0 Å². The first-order chi connectivity index (χ1) is 31.6. The first kappa shape index (κ1) is 45.7. The zero-order chi connectivity index (χ0) is 45.2. The zero-order valence-corrected chi connectivity index (χ0v) is 38.0. The molecule has 8 rings (SSSR count). The maximum Gasteiger partial charge on any atom is 0.293 e. The van der Waals surface area contributed by atoms with Crippen molar-refractivity contribution in [2.75, 3.05) is 86.3 Å². The summed E-state index contributed by atoms with van der Waals surface area (Å²) in [6, 6.07) is 34.8. The Balaban J connectivity index is 0.921. The maximum atomic E-state index is 13.9. The number of fused-ring (bicyclic) bond motifs is 1. The average molecular weight is 937 g/mol. The van der Waals surface area contributed by atoms with Gasteiger partial charge in [-0.25, -0.2) is 18.4 Å². The number of benzene rings is 5. The van der Waals surface area contributed by atoms with Crippen LogP contribution in [0.4, 0.5) is 22.9 Å². The number of anilines is 3. The summed E-state index contributed by atoms with van der Waals surface area (Å²) in [7, 11) is -4.35. The number of thioether (sulfide) groups is 1. The van der Waals surface area contributed by atoms with Crippen LogP contribution in [0.2, 0.25) is 5.02 Å². The number of hydrogen-bond donors (Lipinski definition) is 3. The van der Waals surface area contributed by atoms with E-state index in [9.17, 15) is 23.3 Å². The number of sulfonamides is 1. The lowest BCUT2D eigenvalue weighted by molar-refractivity contribution is -0.384. The molecule has 0 aliphatic carbocycles. The van der Waals surface area contributed by atoms with Gasteiger partial charge in [0.25, 0.3) is 15.7 Å². The van der Waals surface area contributed by atoms with Gasteiger partial charge in [-0.1, -0.05) is 66.2 Å². The summed E-state index contributed by atoms with van der Waals surface area (Å²) >= 11 is 7.66. The number of carbonyl (C=O) groups excluding carboxylic acids is 1. The lowest BCUT2D eigenvalue weighted by Crippen LogP contribution is -2.46. The molecular weight excluding hydrogens is 886 g/mol. The third-order valence-corrected chi connectivity index (χ3v) is 14.2. The molecule has 6 aromatic rings. The molecular formula is C47H50ClN9O6S2. The number of aromatic nitrogens is 2. The summed E-state index contributed by atoms with van der Waals surface area (Å²) in [6.45, 7) is 8.17. The quantitative estimate of drug-likeness (QED) is 0.0443. The number of nitrogens with zero attached hydrogens (tertiary/aromatic N) is 6. The van der Waals surface area contributed by atoms with Gasteiger partial charge in [-0.05, 0) is 71.3 Å². The molecule has 2 fully saturated rings. The van der Waals surface area contributed by atoms with Gasteiger partial charge in [0.1, 0.15) is 12.0 Å². The van der Waals surface area contributed by atoms with Crippen molar-refractivity contribution in [3.05, 3.63) is 142 Å². The molecule has 15 nitrogen and oxygen atoms in total. The molecule has 0 bridgehead atoms. The van der Waals surface area contributed by atoms with Crippen LogP contribution in [-0.2, 0) is 26.1 Å². The number of rotatable bonds is 18. The van der Waals surface area contributed by atoms with Crippen LogP contribution in [0.25, 0.3) is 22.0 Å². The van der Waals surface area contributed by atoms with Crippen molar-refractivity contribution in [3.63, 3.8) is 0 Å². The maximum absolute atomic E-state index is 13.9. The molecule has 18 heteroatoms. The highest BCUT2D eigenvalue weighted by molar-refractivity contribution is 7.99. The molecule has 65 heavy (non-hydrogen) atoms. The fourth-order valence-electron chi connectivity index (χ4n) is 7.99. The zero-order valence-electron chi connectivity index (χ0n) is 35.6. The monoisotopic (exact) mass is 935 g/mol. The first-order valence-corrected chi connectivity index (χ1v) is 24.3. The first-order valence-electron chi connectivity index (χ1n) is 21.5. The SMILES string of the molecule is O=C(CC(CSc1ccccc1)Nc1ccc(S(=O)(=O)Nc2ncnc3cc(N4CCN(Cc5ccccc5-c5ccc(Cl)cc5)CC4)ccc23)cc1[N+](=O)[O-])NCCN1CCOCC1. The van der Waals surface area contributed by atoms with Crippen LogP contribution in [0, 0.1) is 10.1 Å². The van der Waals surface area contributed by atoms with E-state index >= 15 is 0 Å². The van der Waals surface area contributed by atoms with E-state index in [0.717, 1.165) is 68.0 Å². The highest BCUT2D eigenvalue weighted by Gasteiger charge is 2.26. The topological polar surface area (TPSA) is 175 Å². The Labute approximate surface area is 387 Å². The van der Waals surface area contributed by atoms with Crippen molar-refractivity contribution in [1.82, 2.24) is 25.1 Å². The largest absolute Gasteiger partial charge is 0.379 e. The number of piperazine rings is 1. The number of nitrogens with one attached hydrogen (secondary N) is 3. The predicted octanol–water partition coefficient (Wildman–Crippen LogP) is 7.39. The second-order valence-electron chi connectivity index (χ2n) is 15.9. The van der Waals surface area contributed by atoms with Crippen LogP contribution in [-0.4, -0.2) is 116 Å². The Morgan fingerprint density at radius 1 is 0.862 bits per heavy atom. The van der Waals surface area contributed by atoms with Gasteiger partial charge in [0.2, 0.25) is 5.91 Å². The Kier molecular flexibility index (Phi) is 15.1. The minimum Gasteiger partial charge on any atom is -0.379 e. The van der Waals surface area contributed by atoms with Crippen LogP contribution in [0.5, 0.6) is 0 Å². The number of ether oxygens (including phenoxy) is 1. The molecule has 2 aliphatic rings. The molecule has 1 amide bonds. The molecule has 1 aromatic heterocycles. The van der Waals surface area contributed by atoms with E-state index in [2.05, 4.69) is 64.3 Å². The number of carbonyl (C=O) groups is 1. The minimum absolute atomic E-state index is 0.0429. The van der Waals surface area contributed by atoms with Crippen LogP contribution in [0.3, 0.4) is 0 Å². The number of halogens is 1. The number of amides is 1. The van der Waals surface area contributed by atoms with Gasteiger partial charge >= 0.3 is 0 Å². The van der Waals surface area contributed by atoms with Crippen molar-refractivity contribution in [2.45, 2.75) is 28.8 Å². The van der Waals surface area contributed by atoms with E-state index in [1.807, 2.05) is 66.7 Å². The standard InChI is InChI=1S/C47H50ClN9O6S2/c48-36-12-10-34(11-13-36)41-9-5-4-6-35(41)31-55-20-22-56(23-21-55)38-14-16-42-44(29-38)50-33-51-47(42)53-65(61,62)40-15-17-43(45(30-40)57(59)60)52-37(32-64-39-7-2-1-3-8-39)28-46(58)49-18-19-54-24-26-63-27-25-54/h1-17,29-30,33,37,52H,18-28,31-32H2,(H,49,58)(H,50,51,53). The third kappa shape index (κ3) is 12.1. The van der Waals surface area contributed by atoms with E-state index < -0.39 is 26.7 Å². The van der Waals surface area contributed by atoms with Crippen LogP contribution in [0.15, 0.2) is 131 Å². The molecule has 1 atom stereocenters. The highest BCUT2D eigenvalue weighted by atomic mass is 35.5. The summed E-state index contributed by atoms with van der Waals surface area (Å²) in [4.78, 5) is 41.3. The molecule has 0 saturated carbocycles. The number of nitro benzene ring substituents is 1. The van der Waals surface area contributed by atoms with Gasteiger partial charge < -0.3 is 20.3 Å². The third-order valence-electron chi connectivity index (χ3n) is 11.5. The van der Waals surface area contributed by atoms with E-state index in [-0.39, 0.29) is 28.7 Å². The summed E-state index contributed by atoms with van der Waals surface area (Å²) < 4.78 is 35.7. The molecule has 338 valence electrons. The van der Waals surface area contributed by atoms with Crippen LogP contribution in [0.1, 0.15) is 12.0 Å². The number of nitro groups is 1. The predicted molar refractivity (Wildman–Crippen MR) is 257 cm³/mol. The molecule has 3 heterocycles. The summed E-state index contributed by atoms with van der Waals surface area (Å²) in [5.41, 5.74) is 4.71. The van der Waals surface area contributed by atoms with E-state index in [1.165, 1.54) is 41.3 Å². The Morgan fingerprint density at radius 2 is 1.62 bits per heavy atom. The van der Waals surface area contributed by atoms with Gasteiger partial charge in [0.05, 0.1) is 28.5 Å². The lowest BCUT2D eigenvalue weighted by atomic mass is 9.99. The van der Waals surface area contributed by atoms with Gasteiger partial charge in [-0.2, -0.15) is 0 Å². The molecule has 2 saturated heterocycles. The second kappa shape index (κ2) is 21.4. The van der Waals surface area contributed by atoms with Crippen LogP contribution < -0.4 is 20.3 Å². The van der Waals surface area contributed by atoms with Crippen LogP contribution >= 0.6 is 23.4 Å². The Morgan fingerprint density at radius 3 is 2.38 bits per heavy atom. The molecule has 1 unspecified atom stereocenters. The van der Waals surface area contributed by atoms with Gasteiger partial charge in [-0.3, -0.25) is 29.4 Å². The lowest BCUT2D eigenvalue weighted by Gasteiger charge is -2.36. The molecule has 0 spiro atoms. The Bertz CT molecular complexity index is 2700. The van der Waals surface area contributed by atoms with E-state index in [4.69, 9.17) is 16.3 Å². The number of hydrogen-bond acceptors (Lipinski definition) is 13. The molecule has 5 aromatic carbocycles. The summed E-state index contributed by atoms with van der Waals surface area (Å²) in [5.74, 6) is 0.262. The Hall–Kier alpha value is -5.82. The van der Waals surface area contributed by atoms with Gasteiger partial charge in [0, 0.05) is 104 Å². The van der Waals surface area contributed by atoms with E-state index in [1.54, 1.807) is 6.07 Å². The normalized spacial score (nSPS) is 15.4. The molecule has 3 N–H and O–H groups in total. The fourth-order valence-corrected chi connectivity index (χ4v) is 10.1. The smallest absolute Gasteiger partial charge is 0.293 e.